The molecule has 1 saturated heterocycles. The number of rotatable bonds is 4. The largest absolute Gasteiger partial charge is 0.365 e. The van der Waals surface area contributed by atoms with Crippen LogP contribution in [0.2, 0.25) is 0 Å². The fourth-order valence-corrected chi connectivity index (χ4v) is 2.42. The predicted molar refractivity (Wildman–Crippen MR) is 78.8 cm³/mol. The van der Waals surface area contributed by atoms with E-state index in [9.17, 15) is 4.79 Å². The summed E-state index contributed by atoms with van der Waals surface area (Å²) in [7, 11) is 0. The van der Waals surface area contributed by atoms with Gasteiger partial charge in [0.15, 0.2) is 0 Å². The second-order valence-electron chi connectivity index (χ2n) is 5.06. The van der Waals surface area contributed by atoms with Crippen molar-refractivity contribution in [2.24, 2.45) is 0 Å². The van der Waals surface area contributed by atoms with Crippen molar-refractivity contribution in [3.63, 3.8) is 0 Å². The fourth-order valence-electron chi connectivity index (χ4n) is 2.42. The fraction of sp³-hybridized carbons (Fsp3) is 0.643. The average molecular weight is 277 g/mol. The molecule has 1 aliphatic heterocycles. The Morgan fingerprint density at radius 2 is 2.25 bits per heavy atom. The lowest BCUT2D eigenvalue weighted by molar-refractivity contribution is 0.209. The highest BCUT2D eigenvalue weighted by molar-refractivity contribution is 5.74. The lowest BCUT2D eigenvalue weighted by atomic mass is 10.2. The highest BCUT2D eigenvalue weighted by Crippen LogP contribution is 2.15. The standard InChI is InChI=1S/C14H23N5O/c1-4-11-8-13(17-10(3)16-11)18-12-6-7-19(9-12)14(20)15-5-2/h8,12H,4-7,9H2,1-3H3,(H,15,20)(H,16,17,18). The molecule has 1 aromatic heterocycles. The number of carbonyl (C=O) groups is 1. The Hall–Kier alpha value is -1.85. The Labute approximate surface area is 120 Å². The molecule has 0 saturated carbocycles. The van der Waals surface area contributed by atoms with E-state index in [2.05, 4.69) is 27.5 Å². The van der Waals surface area contributed by atoms with Gasteiger partial charge in [-0.3, -0.25) is 0 Å². The van der Waals surface area contributed by atoms with Gasteiger partial charge in [0.2, 0.25) is 0 Å². The highest BCUT2D eigenvalue weighted by atomic mass is 16.2. The molecule has 0 spiro atoms. The maximum absolute atomic E-state index is 11.8. The highest BCUT2D eigenvalue weighted by Gasteiger charge is 2.26. The molecule has 1 aliphatic rings. The molecular formula is C14H23N5O. The lowest BCUT2D eigenvalue weighted by Gasteiger charge is -2.17. The summed E-state index contributed by atoms with van der Waals surface area (Å²) in [5.74, 6) is 1.64. The number of nitrogens with zero attached hydrogens (tertiary/aromatic N) is 3. The summed E-state index contributed by atoms with van der Waals surface area (Å²) in [6, 6.07) is 2.27. The van der Waals surface area contributed by atoms with E-state index in [0.29, 0.717) is 6.54 Å². The molecule has 1 unspecified atom stereocenters. The van der Waals surface area contributed by atoms with Crippen molar-refractivity contribution in [1.82, 2.24) is 20.2 Å². The van der Waals surface area contributed by atoms with Crippen LogP contribution in [0.25, 0.3) is 0 Å². The van der Waals surface area contributed by atoms with E-state index in [1.165, 1.54) is 0 Å². The Morgan fingerprint density at radius 3 is 2.95 bits per heavy atom. The van der Waals surface area contributed by atoms with Gasteiger partial charge in [0.25, 0.3) is 0 Å². The van der Waals surface area contributed by atoms with Gasteiger partial charge >= 0.3 is 6.03 Å². The van der Waals surface area contributed by atoms with E-state index < -0.39 is 0 Å². The molecule has 6 heteroatoms. The number of aryl methyl sites for hydroxylation is 2. The van der Waals surface area contributed by atoms with E-state index in [-0.39, 0.29) is 12.1 Å². The minimum absolute atomic E-state index is 0.0184. The molecule has 0 aromatic carbocycles. The Bertz CT molecular complexity index is 477. The van der Waals surface area contributed by atoms with Crippen molar-refractivity contribution in [3.8, 4) is 0 Å². The number of carbonyl (C=O) groups excluding carboxylic acids is 1. The summed E-state index contributed by atoms with van der Waals surface area (Å²) in [6.45, 7) is 8.08. The van der Waals surface area contributed by atoms with Crippen molar-refractivity contribution in [1.29, 1.82) is 0 Å². The van der Waals surface area contributed by atoms with Crippen LogP contribution in [0.15, 0.2) is 6.07 Å². The molecule has 2 heterocycles. The van der Waals surface area contributed by atoms with Gasteiger partial charge in [-0.25, -0.2) is 14.8 Å². The number of hydrogen-bond acceptors (Lipinski definition) is 4. The van der Waals surface area contributed by atoms with Crippen LogP contribution < -0.4 is 10.6 Å². The first-order valence-electron chi connectivity index (χ1n) is 7.26. The molecule has 6 nitrogen and oxygen atoms in total. The van der Waals surface area contributed by atoms with E-state index in [1.54, 1.807) is 0 Å². The second kappa shape index (κ2) is 6.54. The van der Waals surface area contributed by atoms with Gasteiger partial charge in [0.1, 0.15) is 11.6 Å². The normalized spacial score (nSPS) is 18.1. The van der Waals surface area contributed by atoms with Crippen LogP contribution in [-0.2, 0) is 6.42 Å². The van der Waals surface area contributed by atoms with Crippen molar-refractivity contribution in [3.05, 3.63) is 17.6 Å². The first-order valence-corrected chi connectivity index (χ1v) is 7.26. The van der Waals surface area contributed by atoms with Gasteiger partial charge < -0.3 is 15.5 Å². The number of likely N-dealkylation sites (tertiary alicyclic amines) is 1. The monoisotopic (exact) mass is 277 g/mol. The van der Waals surface area contributed by atoms with E-state index in [4.69, 9.17) is 0 Å². The maximum Gasteiger partial charge on any atom is 0.317 e. The summed E-state index contributed by atoms with van der Waals surface area (Å²) in [6.07, 6.45) is 1.84. The van der Waals surface area contributed by atoms with Gasteiger partial charge in [0, 0.05) is 37.4 Å². The summed E-state index contributed by atoms with van der Waals surface area (Å²) in [4.78, 5) is 22.4. The molecule has 0 aliphatic carbocycles. The molecule has 110 valence electrons. The number of aromatic nitrogens is 2. The summed E-state index contributed by atoms with van der Waals surface area (Å²) < 4.78 is 0. The number of hydrogen-bond donors (Lipinski definition) is 2. The third kappa shape index (κ3) is 3.59. The lowest BCUT2D eigenvalue weighted by Crippen LogP contribution is -2.39. The van der Waals surface area contributed by atoms with Gasteiger partial charge in [-0.05, 0) is 26.7 Å². The number of nitrogens with one attached hydrogen (secondary N) is 2. The predicted octanol–water partition coefficient (Wildman–Crippen LogP) is 1.56. The van der Waals surface area contributed by atoms with Crippen molar-refractivity contribution >= 4 is 11.8 Å². The van der Waals surface area contributed by atoms with Gasteiger partial charge in [-0.15, -0.1) is 0 Å². The summed E-state index contributed by atoms with van der Waals surface area (Å²) in [5.41, 5.74) is 1.04. The van der Waals surface area contributed by atoms with E-state index in [1.807, 2.05) is 24.8 Å². The van der Waals surface area contributed by atoms with E-state index >= 15 is 0 Å². The minimum atomic E-state index is 0.0184. The molecule has 2 N–H and O–H groups in total. The van der Waals surface area contributed by atoms with Crippen LogP contribution in [0.4, 0.5) is 10.6 Å². The van der Waals surface area contributed by atoms with Crippen LogP contribution in [-0.4, -0.2) is 46.6 Å². The van der Waals surface area contributed by atoms with Crippen molar-refractivity contribution in [2.45, 2.75) is 39.7 Å². The molecule has 2 rings (SSSR count). The first-order chi connectivity index (χ1) is 9.62. The molecule has 0 radical (unpaired) electrons. The van der Waals surface area contributed by atoms with Crippen LogP contribution >= 0.6 is 0 Å². The summed E-state index contributed by atoms with van der Waals surface area (Å²) >= 11 is 0. The Balaban J connectivity index is 1.95. The maximum atomic E-state index is 11.8. The van der Waals surface area contributed by atoms with Crippen molar-refractivity contribution < 1.29 is 4.79 Å². The number of anilines is 1. The second-order valence-corrected chi connectivity index (χ2v) is 5.06. The van der Waals surface area contributed by atoms with Crippen LogP contribution in [0.1, 0.15) is 31.8 Å². The van der Waals surface area contributed by atoms with E-state index in [0.717, 1.165) is 43.3 Å². The Kier molecular flexibility index (Phi) is 4.76. The third-order valence-corrected chi connectivity index (χ3v) is 3.41. The van der Waals surface area contributed by atoms with Gasteiger partial charge in [-0.1, -0.05) is 6.92 Å². The van der Waals surface area contributed by atoms with Crippen LogP contribution in [0, 0.1) is 6.92 Å². The minimum Gasteiger partial charge on any atom is -0.365 e. The molecule has 1 atom stereocenters. The first kappa shape index (κ1) is 14.6. The molecule has 2 amide bonds. The third-order valence-electron chi connectivity index (χ3n) is 3.41. The SMILES string of the molecule is CCNC(=O)N1CCC(Nc2cc(CC)nc(C)n2)C1. The van der Waals surface area contributed by atoms with Crippen LogP contribution in [0.3, 0.4) is 0 Å². The quantitative estimate of drug-likeness (QED) is 0.876. The zero-order chi connectivity index (χ0) is 14.5. The van der Waals surface area contributed by atoms with Gasteiger partial charge in [-0.2, -0.15) is 0 Å². The van der Waals surface area contributed by atoms with Crippen molar-refractivity contribution in [2.75, 3.05) is 25.0 Å². The van der Waals surface area contributed by atoms with Gasteiger partial charge in [0.05, 0.1) is 0 Å². The number of amides is 2. The summed E-state index contributed by atoms with van der Waals surface area (Å²) in [5, 5.41) is 6.24. The number of urea groups is 1. The zero-order valence-electron chi connectivity index (χ0n) is 12.4. The molecule has 20 heavy (non-hydrogen) atoms. The molecule has 1 fully saturated rings. The Morgan fingerprint density at radius 1 is 1.45 bits per heavy atom. The molecule has 0 bridgehead atoms. The molecule has 1 aromatic rings. The zero-order valence-corrected chi connectivity index (χ0v) is 12.4. The average Bonchev–Trinajstić information content (AvgIpc) is 2.87. The topological polar surface area (TPSA) is 70.2 Å². The van der Waals surface area contributed by atoms with Crippen LogP contribution in [0.5, 0.6) is 0 Å². The smallest absolute Gasteiger partial charge is 0.317 e. The molecular weight excluding hydrogens is 254 g/mol.